The molecule has 4 heterocycles. The number of aryl methyl sites for hydroxylation is 1. The van der Waals surface area contributed by atoms with Crippen LogP contribution in [0.25, 0.3) is 5.69 Å². The van der Waals surface area contributed by atoms with Crippen LogP contribution >= 0.6 is 0 Å². The summed E-state index contributed by atoms with van der Waals surface area (Å²) in [5, 5.41) is 18.9. The van der Waals surface area contributed by atoms with Crippen LogP contribution in [0.1, 0.15) is 23.4 Å². The normalized spacial score (nSPS) is 13.5. The van der Waals surface area contributed by atoms with Gasteiger partial charge in [-0.1, -0.05) is 17.3 Å². The Morgan fingerprint density at radius 2 is 1.89 bits per heavy atom. The summed E-state index contributed by atoms with van der Waals surface area (Å²) in [6.45, 7) is 2.68. The molecule has 10 nitrogen and oxygen atoms in total. The monoisotopic (exact) mass is 510 g/mol. The number of benzene rings is 1. The molecule has 0 saturated carbocycles. The molecule has 0 radical (unpaired) electrons. The number of pyridine rings is 1. The number of halogens is 3. The van der Waals surface area contributed by atoms with Crippen LogP contribution in [0.5, 0.6) is 5.88 Å². The lowest BCUT2D eigenvalue weighted by Gasteiger charge is -2.38. The molecule has 0 aliphatic carbocycles. The Labute approximate surface area is 209 Å². The van der Waals surface area contributed by atoms with Crippen molar-refractivity contribution in [2.24, 2.45) is 5.92 Å². The summed E-state index contributed by atoms with van der Waals surface area (Å²) < 4.78 is 46.6. The van der Waals surface area contributed by atoms with Gasteiger partial charge in [0.25, 0.3) is 6.43 Å². The maximum absolute atomic E-state index is 13.6. The van der Waals surface area contributed by atoms with Crippen molar-refractivity contribution in [1.82, 2.24) is 30.2 Å². The van der Waals surface area contributed by atoms with E-state index in [1.54, 1.807) is 37.3 Å². The smallest absolute Gasteiger partial charge is 0.263 e. The largest absolute Gasteiger partial charge is 0.470 e. The lowest BCUT2D eigenvalue weighted by Crippen LogP contribution is -2.52. The van der Waals surface area contributed by atoms with Crippen LogP contribution < -0.4 is 15.0 Å². The lowest BCUT2D eigenvalue weighted by atomic mass is 9.99. The molecule has 0 unspecified atom stereocenters. The molecule has 13 heteroatoms. The Morgan fingerprint density at radius 1 is 1.11 bits per heavy atom. The molecule has 1 aliphatic rings. The van der Waals surface area contributed by atoms with Crippen LogP contribution in [0.2, 0.25) is 0 Å². The first kappa shape index (κ1) is 24.2. The summed E-state index contributed by atoms with van der Waals surface area (Å²) in [5.41, 5.74) is 1.80. The Balaban J connectivity index is 1.16. The second-order valence-corrected chi connectivity index (χ2v) is 8.38. The van der Waals surface area contributed by atoms with Crippen LogP contribution in [0.15, 0.2) is 54.7 Å². The molecule has 3 aromatic heterocycles. The number of hydrogen-bond donors (Lipinski definition) is 1. The molecule has 0 atom stereocenters. The molecule has 1 N–H and O–H groups in total. The van der Waals surface area contributed by atoms with E-state index < -0.39 is 12.4 Å². The topological polar surface area (TPSA) is 111 Å². The first-order chi connectivity index (χ1) is 17.9. The third-order valence-electron chi connectivity index (χ3n) is 5.92. The van der Waals surface area contributed by atoms with Crippen molar-refractivity contribution < 1.29 is 22.7 Å². The second kappa shape index (κ2) is 10.2. The third kappa shape index (κ3) is 5.20. The summed E-state index contributed by atoms with van der Waals surface area (Å²) in [5.74, 6) is -0.493. The molecule has 190 valence electrons. The zero-order valence-electron chi connectivity index (χ0n) is 19.6. The Morgan fingerprint density at radius 3 is 2.57 bits per heavy atom. The fourth-order valence-electron chi connectivity index (χ4n) is 3.76. The number of aromatic nitrogens is 6. The number of rotatable bonds is 8. The van der Waals surface area contributed by atoms with Crippen LogP contribution in [0.3, 0.4) is 0 Å². The lowest BCUT2D eigenvalue weighted by molar-refractivity contribution is -0.120. The van der Waals surface area contributed by atoms with Gasteiger partial charge in [-0.15, -0.1) is 15.3 Å². The minimum absolute atomic E-state index is 0.0456. The van der Waals surface area contributed by atoms with E-state index >= 15 is 0 Å². The summed E-state index contributed by atoms with van der Waals surface area (Å²) >= 11 is 0. The van der Waals surface area contributed by atoms with E-state index in [2.05, 4.69) is 30.8 Å². The maximum Gasteiger partial charge on any atom is 0.263 e. The van der Waals surface area contributed by atoms with Gasteiger partial charge in [-0.05, 0) is 37.3 Å². The highest BCUT2D eigenvalue weighted by Crippen LogP contribution is 2.25. The quantitative estimate of drug-likeness (QED) is 0.359. The van der Waals surface area contributed by atoms with Crippen molar-refractivity contribution in [3.63, 3.8) is 0 Å². The minimum atomic E-state index is -2.55. The van der Waals surface area contributed by atoms with Crippen molar-refractivity contribution >= 4 is 17.4 Å². The van der Waals surface area contributed by atoms with Crippen molar-refractivity contribution in [2.75, 3.05) is 23.3 Å². The Bertz CT molecular complexity index is 1390. The molecule has 37 heavy (non-hydrogen) atoms. The summed E-state index contributed by atoms with van der Waals surface area (Å²) in [6.07, 6.45) is -1.24. The van der Waals surface area contributed by atoms with E-state index in [0.29, 0.717) is 36.0 Å². The zero-order chi connectivity index (χ0) is 25.9. The molecule has 1 amide bonds. The number of carbonyl (C=O) groups excluding carboxylic acids is 1. The van der Waals surface area contributed by atoms with Crippen molar-refractivity contribution in [2.45, 2.75) is 20.0 Å². The number of anilines is 2. The predicted octanol–water partition coefficient (Wildman–Crippen LogP) is 3.49. The molecule has 1 aliphatic heterocycles. The number of nitrogens with one attached hydrogen (secondary N) is 1. The van der Waals surface area contributed by atoms with Crippen LogP contribution in [0, 0.1) is 18.8 Å². The third-order valence-corrected chi connectivity index (χ3v) is 5.92. The molecule has 1 fully saturated rings. The predicted molar refractivity (Wildman–Crippen MR) is 126 cm³/mol. The molecule has 4 aromatic rings. The second-order valence-electron chi connectivity index (χ2n) is 8.38. The Kier molecular flexibility index (Phi) is 6.66. The van der Waals surface area contributed by atoms with Crippen molar-refractivity contribution in [3.05, 3.63) is 77.6 Å². The summed E-state index contributed by atoms with van der Waals surface area (Å²) in [7, 11) is 0. The van der Waals surface area contributed by atoms with Crippen LogP contribution in [-0.4, -0.2) is 49.2 Å². The molecule has 0 spiro atoms. The van der Waals surface area contributed by atoms with Gasteiger partial charge in [0.2, 0.25) is 17.7 Å². The van der Waals surface area contributed by atoms with Gasteiger partial charge in [0.15, 0.2) is 5.82 Å². The fraction of sp³-hybridized carbons (Fsp3) is 0.250. The Hall–Kier alpha value is -4.55. The average molecular weight is 510 g/mol. The molecule has 1 saturated heterocycles. The summed E-state index contributed by atoms with van der Waals surface area (Å²) in [4.78, 5) is 17.7. The average Bonchev–Trinajstić information content (AvgIpc) is 3.24. The number of hydrogen-bond acceptors (Lipinski definition) is 8. The standard InChI is InChI=1S/C24H21F3N8O2/c1-14-19(35(33-30-14)17-6-4-15(5-7-17)22(25)26)13-37-21-9-8-20(31-32-21)34-11-16(12-34)24(36)29-18-3-2-10-28-23(18)27/h2-10,16,22H,11-13H2,1H3,(H,29,36). The number of amides is 1. The van der Waals surface area contributed by atoms with Gasteiger partial charge in [-0.3, -0.25) is 4.79 Å². The van der Waals surface area contributed by atoms with E-state index in [-0.39, 0.29) is 35.6 Å². The SMILES string of the molecule is Cc1nnn(-c2ccc(C(F)F)cc2)c1COc1ccc(N2CC(C(=O)Nc3cccnc3F)C2)nn1. The first-order valence-corrected chi connectivity index (χ1v) is 11.3. The van der Waals surface area contributed by atoms with E-state index in [4.69, 9.17) is 4.74 Å². The van der Waals surface area contributed by atoms with Crippen molar-refractivity contribution in [3.8, 4) is 11.6 Å². The highest BCUT2D eigenvalue weighted by molar-refractivity contribution is 5.94. The molecule has 0 bridgehead atoms. The van der Waals surface area contributed by atoms with Gasteiger partial charge in [0.05, 0.1) is 23.0 Å². The fourth-order valence-corrected chi connectivity index (χ4v) is 3.76. The van der Waals surface area contributed by atoms with Crippen LogP contribution in [0.4, 0.5) is 24.7 Å². The first-order valence-electron chi connectivity index (χ1n) is 11.3. The summed E-state index contributed by atoms with van der Waals surface area (Å²) in [6, 6.07) is 12.1. The maximum atomic E-state index is 13.6. The van der Waals surface area contributed by atoms with Gasteiger partial charge in [-0.2, -0.15) is 4.39 Å². The van der Waals surface area contributed by atoms with E-state index in [1.807, 2.05) is 4.90 Å². The minimum Gasteiger partial charge on any atom is -0.470 e. The van der Waals surface area contributed by atoms with E-state index in [0.717, 1.165) is 0 Å². The molecular formula is C24H21F3N8O2. The molecule has 5 rings (SSSR count). The highest BCUT2D eigenvalue weighted by Gasteiger charge is 2.34. The number of nitrogens with zero attached hydrogens (tertiary/aromatic N) is 7. The van der Waals surface area contributed by atoms with Gasteiger partial charge in [0, 0.05) is 30.9 Å². The molecular weight excluding hydrogens is 489 g/mol. The van der Waals surface area contributed by atoms with Crippen LogP contribution in [-0.2, 0) is 11.4 Å². The molecule has 1 aromatic carbocycles. The zero-order valence-corrected chi connectivity index (χ0v) is 19.6. The van der Waals surface area contributed by atoms with Crippen molar-refractivity contribution in [1.29, 1.82) is 0 Å². The highest BCUT2D eigenvalue weighted by atomic mass is 19.3. The van der Waals surface area contributed by atoms with Gasteiger partial charge < -0.3 is 15.0 Å². The number of ether oxygens (including phenoxy) is 1. The van der Waals surface area contributed by atoms with E-state index in [9.17, 15) is 18.0 Å². The van der Waals surface area contributed by atoms with Gasteiger partial charge in [-0.25, -0.2) is 18.4 Å². The van der Waals surface area contributed by atoms with Gasteiger partial charge in [0.1, 0.15) is 12.3 Å². The van der Waals surface area contributed by atoms with Gasteiger partial charge >= 0.3 is 0 Å². The number of carbonyl (C=O) groups is 1. The number of alkyl halides is 2. The van der Waals surface area contributed by atoms with E-state index in [1.165, 1.54) is 29.1 Å².